The van der Waals surface area contributed by atoms with Crippen LogP contribution in [0.2, 0.25) is 0 Å². The van der Waals surface area contributed by atoms with Gasteiger partial charge in [0.1, 0.15) is 46.0 Å². The molecule has 0 saturated carbocycles. The molecule has 0 rings (SSSR count). The molecule has 1 nitrogen and oxygen atoms in total. The van der Waals surface area contributed by atoms with E-state index in [4.69, 9.17) is 0 Å². The van der Waals surface area contributed by atoms with E-state index in [0.717, 1.165) is 0 Å². The largest absolute Gasteiger partial charge is 0.247 e. The van der Waals surface area contributed by atoms with Crippen LogP contribution in [0, 0.1) is 0 Å². The number of hydrogen-bond donors (Lipinski definition) is 0. The number of halogens is 2. The van der Waals surface area contributed by atoms with Crippen molar-refractivity contribution in [2.45, 2.75) is 0 Å². The first-order valence-electron chi connectivity index (χ1n) is 0.309. The average Bonchev–Trinajstić information content (AvgIpc) is 0.918. The first-order chi connectivity index (χ1) is 1.41. The van der Waals surface area contributed by atoms with Crippen LogP contribution in [0.15, 0.2) is 0 Å². The third-order valence-electron chi connectivity index (χ3n) is 0. The first kappa shape index (κ1) is 15.9. The second kappa shape index (κ2) is 15.7. The third kappa shape index (κ3) is 18.1. The van der Waals surface area contributed by atoms with Gasteiger partial charge in [0, 0.05) is 75.1 Å². The minimum absolute atomic E-state index is 0. The van der Waals surface area contributed by atoms with Crippen LogP contribution >= 0.6 is 46.0 Å². The molecule has 0 atom stereocenters. The predicted molar refractivity (Wildman–Crippen MR) is 40.6 cm³/mol. The molecule has 0 N–H and O–H groups in total. The van der Waals surface area contributed by atoms with E-state index in [1.807, 2.05) is 0 Å². The van der Waals surface area contributed by atoms with Gasteiger partial charge in [0.2, 0.25) is 0 Å². The van der Waals surface area contributed by atoms with Gasteiger partial charge in [-0.15, -0.1) is 0 Å². The molecule has 0 amide bonds. The van der Waals surface area contributed by atoms with Crippen LogP contribution in [0.4, 0.5) is 0 Å². The SMILES string of the molecule is IOI.[Ba].[Bi]. The summed E-state index contributed by atoms with van der Waals surface area (Å²) in [5.41, 5.74) is 0. The Morgan fingerprint density at radius 3 is 1.20 bits per heavy atom. The van der Waals surface area contributed by atoms with Gasteiger partial charge in [-0.05, 0) is 0 Å². The van der Waals surface area contributed by atoms with Crippen molar-refractivity contribution >= 4 is 121 Å². The standard InChI is InChI=1S/Ba.Bi.I2O/c;;1-3-2. The summed E-state index contributed by atoms with van der Waals surface area (Å²) in [6.45, 7) is 0. The Morgan fingerprint density at radius 1 is 1.20 bits per heavy atom. The minimum Gasteiger partial charge on any atom is -0.247 e. The van der Waals surface area contributed by atoms with Gasteiger partial charge in [-0.25, -0.2) is 1.40 Å². The quantitative estimate of drug-likeness (QED) is 0.291. The van der Waals surface area contributed by atoms with Crippen LogP contribution in [-0.4, -0.2) is 75.1 Å². The third-order valence-corrected chi connectivity index (χ3v) is 0. The van der Waals surface area contributed by atoms with Crippen molar-refractivity contribution in [3.63, 3.8) is 0 Å². The van der Waals surface area contributed by atoms with E-state index in [0.29, 0.717) is 0 Å². The molecule has 0 aliphatic rings. The molecule has 0 bridgehead atoms. The van der Waals surface area contributed by atoms with Crippen LogP contribution in [0.25, 0.3) is 0 Å². The Bertz CT molecular complexity index is 9.61. The summed E-state index contributed by atoms with van der Waals surface area (Å²) in [5, 5.41) is 0. The maximum absolute atomic E-state index is 4.19. The molecule has 5 radical (unpaired) electrons. The van der Waals surface area contributed by atoms with Crippen LogP contribution in [0.1, 0.15) is 0 Å². The molecule has 0 spiro atoms. The van der Waals surface area contributed by atoms with E-state index in [-0.39, 0.29) is 75.1 Å². The van der Waals surface area contributed by atoms with Gasteiger partial charge >= 0.3 is 0 Å². The molecule has 0 aliphatic carbocycles. The molecule has 0 fully saturated rings. The van der Waals surface area contributed by atoms with Crippen molar-refractivity contribution in [1.82, 2.24) is 0 Å². The van der Waals surface area contributed by atoms with Gasteiger partial charge in [-0.1, -0.05) is 0 Å². The van der Waals surface area contributed by atoms with Crippen LogP contribution in [0.3, 0.4) is 0 Å². The van der Waals surface area contributed by atoms with Crippen molar-refractivity contribution < 1.29 is 1.40 Å². The first-order valence-corrected chi connectivity index (χ1v) is 2.07. The van der Waals surface area contributed by atoms with Gasteiger partial charge in [0.05, 0.1) is 0 Å². The molecule has 0 saturated heterocycles. The van der Waals surface area contributed by atoms with Crippen molar-refractivity contribution in [1.29, 1.82) is 0 Å². The van der Waals surface area contributed by atoms with Crippen LogP contribution in [0.5, 0.6) is 0 Å². The zero-order valence-electron chi connectivity index (χ0n) is 2.32. The Kier molecular flexibility index (Phi) is 49.9. The zero-order chi connectivity index (χ0) is 2.71. The van der Waals surface area contributed by atoms with Crippen LogP contribution < -0.4 is 0 Å². The Morgan fingerprint density at radius 2 is 1.20 bits per heavy atom. The van der Waals surface area contributed by atoms with E-state index >= 15 is 0 Å². The summed E-state index contributed by atoms with van der Waals surface area (Å²) < 4.78 is 4.19. The maximum atomic E-state index is 4.19. The van der Waals surface area contributed by atoms with Gasteiger partial charge in [-0.3, -0.25) is 0 Å². The zero-order valence-corrected chi connectivity index (χ0v) is 14.6. The Balaban J connectivity index is -0.0000000200. The second-order valence-corrected chi connectivity index (χ2v) is 2.62. The summed E-state index contributed by atoms with van der Waals surface area (Å²) in [5.74, 6) is 0. The summed E-state index contributed by atoms with van der Waals surface area (Å²) in [6.07, 6.45) is 0. The average molecular weight is 616 g/mol. The molecule has 27 valence electrons. The van der Waals surface area contributed by atoms with E-state index in [1.165, 1.54) is 0 Å². The smallest absolute Gasteiger partial charge is 0.124 e. The van der Waals surface area contributed by atoms with Gasteiger partial charge in [0.25, 0.3) is 0 Å². The second-order valence-electron chi connectivity index (χ2n) is 0.0583. The number of hydrogen-bond acceptors (Lipinski definition) is 1. The molecule has 0 heterocycles. The topological polar surface area (TPSA) is 9.23 Å². The maximum Gasteiger partial charge on any atom is 0.124 e. The predicted octanol–water partition coefficient (Wildman–Crippen LogP) is 0.941. The normalized spacial score (nSPS) is 3.60. The summed E-state index contributed by atoms with van der Waals surface area (Å²) in [4.78, 5) is 0. The van der Waals surface area contributed by atoms with Gasteiger partial charge in [0.15, 0.2) is 0 Å². The summed E-state index contributed by atoms with van der Waals surface area (Å²) >= 11 is 3.55. The number of rotatable bonds is 0. The molecule has 0 unspecified atom stereocenters. The van der Waals surface area contributed by atoms with Gasteiger partial charge in [-0.2, -0.15) is 0 Å². The fraction of sp³-hybridized carbons (Fsp3) is 0. The summed E-state index contributed by atoms with van der Waals surface area (Å²) in [7, 11) is 0. The molecular weight excluding hydrogens is 616 g/mol. The van der Waals surface area contributed by atoms with Crippen molar-refractivity contribution in [2.24, 2.45) is 0 Å². The van der Waals surface area contributed by atoms with Crippen molar-refractivity contribution in [3.8, 4) is 0 Å². The molecular formula is BaBiI2O. The Hall–Kier alpha value is 3.87. The monoisotopic (exact) mass is 617 g/mol. The minimum atomic E-state index is 0. The van der Waals surface area contributed by atoms with Gasteiger partial charge < -0.3 is 0 Å². The van der Waals surface area contributed by atoms with Crippen molar-refractivity contribution in [2.75, 3.05) is 0 Å². The van der Waals surface area contributed by atoms with Crippen LogP contribution in [-0.2, 0) is 1.40 Å². The molecule has 0 aromatic carbocycles. The molecule has 0 aliphatic heterocycles. The van der Waals surface area contributed by atoms with Crippen molar-refractivity contribution in [3.05, 3.63) is 0 Å². The van der Waals surface area contributed by atoms with E-state index in [9.17, 15) is 0 Å². The fourth-order valence-corrected chi connectivity index (χ4v) is 0. The molecule has 0 aromatic heterocycles. The Labute approximate surface area is 119 Å². The fourth-order valence-electron chi connectivity index (χ4n) is 0. The van der Waals surface area contributed by atoms with E-state index in [2.05, 4.69) is 1.40 Å². The van der Waals surface area contributed by atoms with E-state index < -0.39 is 0 Å². The van der Waals surface area contributed by atoms with E-state index in [1.54, 1.807) is 46.0 Å². The molecule has 5 heavy (non-hydrogen) atoms. The summed E-state index contributed by atoms with van der Waals surface area (Å²) in [6, 6.07) is 0. The molecule has 0 aromatic rings. The molecule has 5 heteroatoms.